The van der Waals surface area contributed by atoms with Gasteiger partial charge in [-0.3, -0.25) is 9.69 Å². The van der Waals surface area contributed by atoms with E-state index >= 15 is 0 Å². The fourth-order valence-electron chi connectivity index (χ4n) is 2.13. The largest absolute Gasteiger partial charge is 0.390 e. The molecule has 20 heavy (non-hydrogen) atoms. The summed E-state index contributed by atoms with van der Waals surface area (Å²) >= 11 is 0. The first-order chi connectivity index (χ1) is 9.65. The number of amides is 1. The molecule has 110 valence electrons. The Labute approximate surface area is 118 Å². The van der Waals surface area contributed by atoms with Crippen LogP contribution in [-0.2, 0) is 4.74 Å². The Morgan fingerprint density at radius 1 is 1.35 bits per heavy atom. The normalized spacial score (nSPS) is 17.6. The first-order valence-electron chi connectivity index (χ1n) is 6.77. The van der Waals surface area contributed by atoms with Crippen LogP contribution >= 0.6 is 0 Å². The highest BCUT2D eigenvalue weighted by Crippen LogP contribution is 2.09. The fourth-order valence-corrected chi connectivity index (χ4v) is 2.13. The Hall–Kier alpha value is -1.63. The molecule has 1 aromatic carbocycles. The quantitative estimate of drug-likeness (QED) is 0.676. The summed E-state index contributed by atoms with van der Waals surface area (Å²) in [6, 6.07) is 6.89. The molecule has 1 aliphatic rings. The van der Waals surface area contributed by atoms with Gasteiger partial charge in [0.05, 0.1) is 19.3 Å². The van der Waals surface area contributed by atoms with Gasteiger partial charge in [0.25, 0.3) is 0 Å². The maximum Gasteiger partial charge on any atom is 0.248 e. The highest BCUT2D eigenvalue weighted by atomic mass is 16.5. The predicted molar refractivity (Wildman–Crippen MR) is 76.7 cm³/mol. The van der Waals surface area contributed by atoms with Crippen LogP contribution in [0.5, 0.6) is 0 Å². The molecule has 1 unspecified atom stereocenters. The zero-order chi connectivity index (χ0) is 14.4. The van der Waals surface area contributed by atoms with Crippen LogP contribution in [-0.4, -0.2) is 61.4 Å². The van der Waals surface area contributed by atoms with Crippen molar-refractivity contribution >= 4 is 11.6 Å². The first kappa shape index (κ1) is 14.8. The van der Waals surface area contributed by atoms with Crippen molar-refractivity contribution in [3.05, 3.63) is 29.8 Å². The number of aliphatic hydroxyl groups is 1. The van der Waals surface area contributed by atoms with Gasteiger partial charge in [0.2, 0.25) is 5.91 Å². The van der Waals surface area contributed by atoms with Crippen molar-refractivity contribution in [1.29, 1.82) is 0 Å². The number of carbonyl (C=O) groups excluding carboxylic acids is 1. The van der Waals surface area contributed by atoms with E-state index in [1.807, 2.05) is 0 Å². The number of rotatable bonds is 6. The van der Waals surface area contributed by atoms with Gasteiger partial charge in [0, 0.05) is 37.4 Å². The highest BCUT2D eigenvalue weighted by molar-refractivity contribution is 5.93. The minimum absolute atomic E-state index is 0.441. The summed E-state index contributed by atoms with van der Waals surface area (Å²) in [5.41, 5.74) is 6.51. The molecule has 0 bridgehead atoms. The second-order valence-electron chi connectivity index (χ2n) is 4.89. The Bertz CT molecular complexity index is 430. The first-order valence-corrected chi connectivity index (χ1v) is 6.77. The number of nitrogens with one attached hydrogen (secondary N) is 1. The van der Waals surface area contributed by atoms with Crippen LogP contribution in [0, 0.1) is 0 Å². The van der Waals surface area contributed by atoms with E-state index in [0.717, 1.165) is 32.0 Å². The van der Waals surface area contributed by atoms with E-state index in [9.17, 15) is 9.90 Å². The summed E-state index contributed by atoms with van der Waals surface area (Å²) < 4.78 is 5.26. The topological polar surface area (TPSA) is 87.8 Å². The van der Waals surface area contributed by atoms with Crippen molar-refractivity contribution < 1.29 is 14.6 Å². The lowest BCUT2D eigenvalue weighted by Crippen LogP contribution is -2.42. The van der Waals surface area contributed by atoms with Gasteiger partial charge in [-0.05, 0) is 24.3 Å². The molecule has 6 nitrogen and oxygen atoms in total. The number of primary amides is 1. The molecule has 6 heteroatoms. The molecule has 2 rings (SSSR count). The van der Waals surface area contributed by atoms with E-state index in [4.69, 9.17) is 10.5 Å². The number of morpholine rings is 1. The third-order valence-corrected chi connectivity index (χ3v) is 3.28. The van der Waals surface area contributed by atoms with Crippen molar-refractivity contribution in [3.8, 4) is 0 Å². The summed E-state index contributed by atoms with van der Waals surface area (Å²) in [4.78, 5) is 13.1. The molecule has 1 saturated heterocycles. The summed E-state index contributed by atoms with van der Waals surface area (Å²) in [5.74, 6) is -0.441. The van der Waals surface area contributed by atoms with Crippen LogP contribution in [0.25, 0.3) is 0 Å². The number of ether oxygens (including phenoxy) is 1. The van der Waals surface area contributed by atoms with Crippen molar-refractivity contribution in [2.45, 2.75) is 6.10 Å². The van der Waals surface area contributed by atoms with Crippen molar-refractivity contribution in [1.82, 2.24) is 4.90 Å². The average Bonchev–Trinajstić information content (AvgIpc) is 2.46. The third kappa shape index (κ3) is 4.48. The third-order valence-electron chi connectivity index (χ3n) is 3.28. The zero-order valence-electron chi connectivity index (χ0n) is 11.4. The van der Waals surface area contributed by atoms with E-state index in [2.05, 4.69) is 10.2 Å². The van der Waals surface area contributed by atoms with Crippen molar-refractivity contribution in [3.63, 3.8) is 0 Å². The number of hydrogen-bond acceptors (Lipinski definition) is 5. The molecule has 1 aliphatic heterocycles. The van der Waals surface area contributed by atoms with Crippen LogP contribution < -0.4 is 11.1 Å². The monoisotopic (exact) mass is 279 g/mol. The Morgan fingerprint density at radius 3 is 2.60 bits per heavy atom. The number of carbonyl (C=O) groups is 1. The van der Waals surface area contributed by atoms with Crippen LogP contribution in [0.1, 0.15) is 10.4 Å². The minimum atomic E-state index is -0.441. The molecule has 1 amide bonds. The number of hydrogen-bond donors (Lipinski definition) is 3. The maximum absolute atomic E-state index is 10.9. The maximum atomic E-state index is 10.9. The number of nitrogens with zero attached hydrogens (tertiary/aromatic N) is 1. The zero-order valence-corrected chi connectivity index (χ0v) is 11.4. The molecule has 0 radical (unpaired) electrons. The van der Waals surface area contributed by atoms with E-state index in [-0.39, 0.29) is 0 Å². The van der Waals surface area contributed by atoms with Gasteiger partial charge in [-0.15, -0.1) is 0 Å². The van der Waals surface area contributed by atoms with E-state index in [0.29, 0.717) is 18.7 Å². The molecule has 0 saturated carbocycles. The molecular weight excluding hydrogens is 258 g/mol. The molecule has 0 spiro atoms. The SMILES string of the molecule is NC(=O)c1ccc(NCC(O)CN2CCOCC2)cc1. The molecule has 1 fully saturated rings. The number of benzene rings is 1. The van der Waals surface area contributed by atoms with Gasteiger partial charge in [-0.1, -0.05) is 0 Å². The number of anilines is 1. The molecule has 0 aliphatic carbocycles. The van der Waals surface area contributed by atoms with Crippen LogP contribution in [0.15, 0.2) is 24.3 Å². The van der Waals surface area contributed by atoms with Crippen LogP contribution in [0.3, 0.4) is 0 Å². The van der Waals surface area contributed by atoms with Gasteiger partial charge >= 0.3 is 0 Å². The molecule has 4 N–H and O–H groups in total. The van der Waals surface area contributed by atoms with Gasteiger partial charge in [-0.2, -0.15) is 0 Å². The lowest BCUT2D eigenvalue weighted by Gasteiger charge is -2.28. The lowest BCUT2D eigenvalue weighted by atomic mass is 10.2. The molecular formula is C14H21N3O3. The second kappa shape index (κ2) is 7.23. The molecule has 0 aromatic heterocycles. The lowest BCUT2D eigenvalue weighted by molar-refractivity contribution is 0.0171. The summed E-state index contributed by atoms with van der Waals surface area (Å²) in [5, 5.41) is 13.1. The van der Waals surface area contributed by atoms with Gasteiger partial charge in [-0.25, -0.2) is 0 Å². The fraction of sp³-hybridized carbons (Fsp3) is 0.500. The van der Waals surface area contributed by atoms with Crippen molar-refractivity contribution in [2.75, 3.05) is 44.7 Å². The Balaban J connectivity index is 1.74. The summed E-state index contributed by atoms with van der Waals surface area (Å²) in [6.07, 6.45) is -0.441. The number of β-amino-alcohol motifs (C(OH)–C–C–N with tert-alkyl or cyclic N) is 1. The standard InChI is InChI=1S/C14H21N3O3/c15-14(19)11-1-3-12(4-2-11)16-9-13(18)10-17-5-7-20-8-6-17/h1-4,13,16,18H,5-10H2,(H2,15,19). The van der Waals surface area contributed by atoms with Crippen LogP contribution in [0.4, 0.5) is 5.69 Å². The molecule has 1 heterocycles. The summed E-state index contributed by atoms with van der Waals surface area (Å²) in [7, 11) is 0. The van der Waals surface area contributed by atoms with Gasteiger partial charge < -0.3 is 20.9 Å². The van der Waals surface area contributed by atoms with Gasteiger partial charge in [0.1, 0.15) is 0 Å². The Morgan fingerprint density at radius 2 is 2.00 bits per heavy atom. The average molecular weight is 279 g/mol. The van der Waals surface area contributed by atoms with Gasteiger partial charge in [0.15, 0.2) is 0 Å². The minimum Gasteiger partial charge on any atom is -0.390 e. The second-order valence-corrected chi connectivity index (χ2v) is 4.89. The molecule has 1 aromatic rings. The predicted octanol–water partition coefficient (Wildman–Crippen LogP) is -0.110. The van der Waals surface area contributed by atoms with Crippen molar-refractivity contribution in [2.24, 2.45) is 5.73 Å². The van der Waals surface area contributed by atoms with E-state index in [1.54, 1.807) is 24.3 Å². The number of aliphatic hydroxyl groups excluding tert-OH is 1. The smallest absolute Gasteiger partial charge is 0.248 e. The molecule has 1 atom stereocenters. The van der Waals surface area contributed by atoms with Crippen LogP contribution in [0.2, 0.25) is 0 Å². The summed E-state index contributed by atoms with van der Waals surface area (Å²) in [6.45, 7) is 4.29. The van der Waals surface area contributed by atoms with E-state index < -0.39 is 12.0 Å². The highest BCUT2D eigenvalue weighted by Gasteiger charge is 2.14. The number of nitrogens with two attached hydrogens (primary N) is 1. The Kier molecular flexibility index (Phi) is 5.34. The van der Waals surface area contributed by atoms with E-state index in [1.165, 1.54) is 0 Å².